The number of ketones is 1. The van der Waals surface area contributed by atoms with Crippen LogP contribution >= 0.6 is 23.2 Å². The minimum Gasteiger partial charge on any atom is -0.293 e. The van der Waals surface area contributed by atoms with E-state index in [2.05, 4.69) is 6.07 Å². The smallest absolute Gasteiger partial charge is 0.170 e. The average Bonchev–Trinajstić information content (AvgIpc) is 2.34. The van der Waals surface area contributed by atoms with Gasteiger partial charge in [0.15, 0.2) is 5.78 Å². The van der Waals surface area contributed by atoms with Gasteiger partial charge in [-0.1, -0.05) is 47.5 Å². The van der Waals surface area contributed by atoms with E-state index in [1.165, 1.54) is 5.56 Å². The number of Topliss-reactive ketones (excluding diaryl/α,β-unsaturated/α-hetero) is 1. The Morgan fingerprint density at radius 3 is 2.56 bits per heavy atom. The van der Waals surface area contributed by atoms with Crippen molar-refractivity contribution in [2.45, 2.75) is 12.3 Å². The fourth-order valence-corrected chi connectivity index (χ4v) is 2.64. The van der Waals surface area contributed by atoms with Crippen LogP contribution in [0.15, 0.2) is 42.5 Å². The van der Waals surface area contributed by atoms with E-state index in [1.807, 2.05) is 18.2 Å². The molecule has 18 heavy (non-hydrogen) atoms. The van der Waals surface area contributed by atoms with Crippen LogP contribution in [0.5, 0.6) is 0 Å². The third-order valence-corrected chi connectivity index (χ3v) is 4.11. The molecule has 0 N–H and O–H groups in total. The van der Waals surface area contributed by atoms with E-state index in [-0.39, 0.29) is 11.7 Å². The maximum absolute atomic E-state index is 12.4. The van der Waals surface area contributed by atoms with Crippen LogP contribution in [0.3, 0.4) is 0 Å². The Hall–Kier alpha value is -1.31. The largest absolute Gasteiger partial charge is 0.293 e. The predicted octanol–water partition coefficient (Wildman–Crippen LogP) is 4.52. The van der Waals surface area contributed by atoms with Crippen LogP contribution < -0.4 is 0 Å². The summed E-state index contributed by atoms with van der Waals surface area (Å²) >= 11 is 11.8. The fourth-order valence-electron chi connectivity index (χ4n) is 2.34. The summed E-state index contributed by atoms with van der Waals surface area (Å²) in [6.45, 7) is 0. The van der Waals surface area contributed by atoms with Crippen molar-refractivity contribution in [2.24, 2.45) is 0 Å². The molecule has 0 radical (unpaired) electrons. The van der Waals surface area contributed by atoms with Crippen molar-refractivity contribution in [3.63, 3.8) is 0 Å². The topological polar surface area (TPSA) is 17.1 Å². The van der Waals surface area contributed by atoms with Crippen molar-refractivity contribution in [2.75, 3.05) is 0 Å². The van der Waals surface area contributed by atoms with Gasteiger partial charge in [0, 0.05) is 5.56 Å². The highest BCUT2D eigenvalue weighted by atomic mass is 35.5. The summed E-state index contributed by atoms with van der Waals surface area (Å²) in [5.41, 5.74) is 3.02. The SMILES string of the molecule is O=C(c1ccc(Cl)c(Cl)c1)C1Cc2ccccc21. The summed E-state index contributed by atoms with van der Waals surface area (Å²) < 4.78 is 0. The van der Waals surface area contributed by atoms with Crippen molar-refractivity contribution in [3.05, 3.63) is 69.2 Å². The van der Waals surface area contributed by atoms with E-state index in [4.69, 9.17) is 23.2 Å². The lowest BCUT2D eigenvalue weighted by Gasteiger charge is -2.28. The van der Waals surface area contributed by atoms with E-state index in [0.29, 0.717) is 15.6 Å². The van der Waals surface area contributed by atoms with Crippen LogP contribution in [0.2, 0.25) is 10.0 Å². The number of carbonyl (C=O) groups is 1. The van der Waals surface area contributed by atoms with Crippen molar-refractivity contribution in [3.8, 4) is 0 Å². The van der Waals surface area contributed by atoms with E-state index in [9.17, 15) is 4.79 Å². The summed E-state index contributed by atoms with van der Waals surface area (Å²) in [6, 6.07) is 13.1. The summed E-state index contributed by atoms with van der Waals surface area (Å²) in [5, 5.41) is 0.900. The Morgan fingerprint density at radius 2 is 1.83 bits per heavy atom. The molecule has 0 saturated heterocycles. The lowest BCUT2D eigenvalue weighted by molar-refractivity contribution is 0.0949. The van der Waals surface area contributed by atoms with Crippen LogP contribution in [0.25, 0.3) is 0 Å². The molecule has 1 aliphatic rings. The first-order chi connectivity index (χ1) is 8.66. The van der Waals surface area contributed by atoms with Gasteiger partial charge in [-0.2, -0.15) is 0 Å². The molecule has 1 atom stereocenters. The Labute approximate surface area is 115 Å². The quantitative estimate of drug-likeness (QED) is 0.738. The third kappa shape index (κ3) is 1.84. The molecule has 1 unspecified atom stereocenters. The Morgan fingerprint density at radius 1 is 1.06 bits per heavy atom. The van der Waals surface area contributed by atoms with Crippen LogP contribution in [-0.2, 0) is 6.42 Å². The minimum atomic E-state index is -0.0292. The van der Waals surface area contributed by atoms with Gasteiger partial charge in [0.05, 0.1) is 16.0 Å². The molecule has 0 amide bonds. The first-order valence-corrected chi connectivity index (χ1v) is 6.49. The number of halogens is 2. The predicted molar refractivity (Wildman–Crippen MR) is 73.7 cm³/mol. The van der Waals surface area contributed by atoms with Crippen molar-refractivity contribution < 1.29 is 4.79 Å². The molecule has 0 spiro atoms. The molecule has 3 rings (SSSR count). The molecular formula is C15H10Cl2O. The number of hydrogen-bond acceptors (Lipinski definition) is 1. The number of hydrogen-bond donors (Lipinski definition) is 0. The standard InChI is InChI=1S/C15H10Cl2O/c16-13-6-5-10(8-14(13)17)15(18)12-7-9-3-1-2-4-11(9)12/h1-6,8,12H,7H2. The first-order valence-electron chi connectivity index (χ1n) is 5.74. The number of fused-ring (bicyclic) bond motifs is 1. The van der Waals surface area contributed by atoms with Crippen molar-refractivity contribution in [1.29, 1.82) is 0 Å². The molecule has 0 saturated carbocycles. The molecule has 90 valence electrons. The van der Waals surface area contributed by atoms with Crippen LogP contribution in [0.1, 0.15) is 27.4 Å². The van der Waals surface area contributed by atoms with Gasteiger partial charge in [0.25, 0.3) is 0 Å². The van der Waals surface area contributed by atoms with Gasteiger partial charge in [-0.05, 0) is 35.7 Å². The van der Waals surface area contributed by atoms with Crippen LogP contribution in [-0.4, -0.2) is 5.78 Å². The second-order valence-corrected chi connectivity index (χ2v) is 5.26. The third-order valence-electron chi connectivity index (χ3n) is 3.38. The Balaban J connectivity index is 1.91. The van der Waals surface area contributed by atoms with E-state index in [1.54, 1.807) is 18.2 Å². The number of carbonyl (C=O) groups excluding carboxylic acids is 1. The van der Waals surface area contributed by atoms with Gasteiger partial charge in [0.1, 0.15) is 0 Å². The second-order valence-electron chi connectivity index (χ2n) is 4.45. The van der Waals surface area contributed by atoms with E-state index in [0.717, 1.165) is 12.0 Å². The van der Waals surface area contributed by atoms with Gasteiger partial charge < -0.3 is 0 Å². The first kappa shape index (κ1) is 11.8. The zero-order chi connectivity index (χ0) is 12.7. The summed E-state index contributed by atoms with van der Waals surface area (Å²) in [6.07, 6.45) is 0.815. The van der Waals surface area contributed by atoms with Gasteiger partial charge in [0.2, 0.25) is 0 Å². The molecule has 2 aromatic rings. The fraction of sp³-hybridized carbons (Fsp3) is 0.133. The average molecular weight is 277 g/mol. The lowest BCUT2D eigenvalue weighted by atomic mass is 9.74. The lowest BCUT2D eigenvalue weighted by Crippen LogP contribution is -2.25. The Kier molecular flexibility index (Phi) is 2.89. The molecule has 2 aromatic carbocycles. The highest BCUT2D eigenvalue weighted by Crippen LogP contribution is 2.37. The molecule has 1 aliphatic carbocycles. The van der Waals surface area contributed by atoms with Crippen LogP contribution in [0.4, 0.5) is 0 Å². The van der Waals surface area contributed by atoms with Gasteiger partial charge >= 0.3 is 0 Å². The van der Waals surface area contributed by atoms with Gasteiger partial charge in [-0.3, -0.25) is 4.79 Å². The molecule has 0 aromatic heterocycles. The zero-order valence-electron chi connectivity index (χ0n) is 9.49. The molecule has 1 nitrogen and oxygen atoms in total. The van der Waals surface area contributed by atoms with E-state index < -0.39 is 0 Å². The molecular weight excluding hydrogens is 267 g/mol. The van der Waals surface area contributed by atoms with E-state index >= 15 is 0 Å². The summed E-state index contributed by atoms with van der Waals surface area (Å²) in [7, 11) is 0. The van der Waals surface area contributed by atoms with Gasteiger partial charge in [-0.25, -0.2) is 0 Å². The molecule has 3 heteroatoms. The number of rotatable bonds is 2. The normalized spacial score (nSPS) is 16.9. The highest BCUT2D eigenvalue weighted by molar-refractivity contribution is 6.42. The molecule has 0 aliphatic heterocycles. The molecule has 0 heterocycles. The molecule has 0 fully saturated rings. The minimum absolute atomic E-state index is 0.0292. The van der Waals surface area contributed by atoms with Crippen molar-refractivity contribution >= 4 is 29.0 Å². The summed E-state index contributed by atoms with van der Waals surface area (Å²) in [5.74, 6) is 0.0886. The molecule has 0 bridgehead atoms. The summed E-state index contributed by atoms with van der Waals surface area (Å²) in [4.78, 5) is 12.4. The van der Waals surface area contributed by atoms with Gasteiger partial charge in [-0.15, -0.1) is 0 Å². The monoisotopic (exact) mass is 276 g/mol. The maximum Gasteiger partial charge on any atom is 0.170 e. The zero-order valence-corrected chi connectivity index (χ0v) is 11.0. The maximum atomic E-state index is 12.4. The Bertz CT molecular complexity index is 634. The number of benzene rings is 2. The van der Waals surface area contributed by atoms with Crippen molar-refractivity contribution in [1.82, 2.24) is 0 Å². The second kappa shape index (κ2) is 4.42. The van der Waals surface area contributed by atoms with Crippen LogP contribution in [0, 0.1) is 0 Å². The highest BCUT2D eigenvalue weighted by Gasteiger charge is 2.32.